The minimum Gasteiger partial charge on any atom is -0.508 e. The van der Waals surface area contributed by atoms with Crippen LogP contribution in [-0.4, -0.2) is 41.6 Å². The van der Waals surface area contributed by atoms with E-state index in [1.54, 1.807) is 18.3 Å². The molecular weight excluding hydrogens is 352 g/mol. The van der Waals surface area contributed by atoms with Gasteiger partial charge in [-0.05, 0) is 68.7 Å². The van der Waals surface area contributed by atoms with Gasteiger partial charge in [-0.2, -0.15) is 0 Å². The number of hydrogen-bond acceptors (Lipinski definition) is 4. The molecule has 0 aliphatic carbocycles. The van der Waals surface area contributed by atoms with Gasteiger partial charge in [0.15, 0.2) is 0 Å². The molecule has 146 valence electrons. The number of phenols is 1. The third-order valence-electron chi connectivity index (χ3n) is 4.63. The summed E-state index contributed by atoms with van der Waals surface area (Å²) in [5.74, 6) is 0.0622. The first kappa shape index (κ1) is 19.6. The van der Waals surface area contributed by atoms with Crippen molar-refractivity contribution in [3.8, 4) is 5.75 Å². The molecule has 28 heavy (non-hydrogen) atoms. The number of aromatic amines is 1. The summed E-state index contributed by atoms with van der Waals surface area (Å²) in [5, 5.41) is 19.2. The number of carbonyl (C=O) groups is 1. The topological polar surface area (TPSA) is 90.0 Å². The van der Waals surface area contributed by atoms with E-state index in [0.717, 1.165) is 44.6 Å². The highest BCUT2D eigenvalue weighted by Crippen LogP contribution is 2.35. The summed E-state index contributed by atoms with van der Waals surface area (Å²) in [6, 6.07) is 9.19. The summed E-state index contributed by atoms with van der Waals surface area (Å²) in [4.78, 5) is 20.2. The van der Waals surface area contributed by atoms with Crippen LogP contribution in [-0.2, 0) is 0 Å². The Labute approximate surface area is 164 Å². The van der Waals surface area contributed by atoms with Crippen molar-refractivity contribution in [2.45, 2.75) is 20.3 Å². The van der Waals surface area contributed by atoms with Crippen LogP contribution in [0.15, 0.2) is 36.5 Å². The highest BCUT2D eigenvalue weighted by Gasteiger charge is 2.16. The fourth-order valence-corrected chi connectivity index (χ4v) is 3.37. The number of nitrogens with one attached hydrogen (secondary N) is 3. The number of aryl methyl sites for hydroxylation is 1. The second-order valence-corrected chi connectivity index (χ2v) is 6.79. The van der Waals surface area contributed by atoms with Crippen molar-refractivity contribution in [2.24, 2.45) is 0 Å². The van der Waals surface area contributed by atoms with Crippen molar-refractivity contribution in [3.05, 3.63) is 47.8 Å². The normalized spacial score (nSPS) is 10.9. The van der Waals surface area contributed by atoms with Gasteiger partial charge in [0.05, 0.1) is 5.52 Å². The number of rotatable bonds is 3. The zero-order valence-electron chi connectivity index (χ0n) is 16.7. The maximum Gasteiger partial charge on any atom is 0.270 e. The lowest BCUT2D eigenvalue weighted by Crippen LogP contribution is -2.25. The molecule has 2 aromatic heterocycles. The van der Waals surface area contributed by atoms with E-state index in [1.165, 1.54) is 0 Å². The Morgan fingerprint density at radius 2 is 1.86 bits per heavy atom. The third-order valence-corrected chi connectivity index (χ3v) is 4.63. The molecule has 2 heterocycles. The number of phenolic OH excluding ortho intramolecular Hbond substituents is 1. The number of amides is 1. The van der Waals surface area contributed by atoms with Crippen LogP contribution in [0.4, 0.5) is 0 Å². The van der Waals surface area contributed by atoms with Gasteiger partial charge in [0.1, 0.15) is 11.4 Å². The molecule has 2 aromatic carbocycles. The number of nitrogens with zero attached hydrogens (tertiary/aromatic N) is 1. The van der Waals surface area contributed by atoms with Gasteiger partial charge < -0.3 is 20.7 Å². The van der Waals surface area contributed by atoms with E-state index in [0.29, 0.717) is 12.2 Å². The highest BCUT2D eigenvalue weighted by molar-refractivity contribution is 6.17. The van der Waals surface area contributed by atoms with Crippen LogP contribution < -0.4 is 10.6 Å². The first-order valence-corrected chi connectivity index (χ1v) is 9.41. The lowest BCUT2D eigenvalue weighted by molar-refractivity contribution is 0.0950. The molecule has 0 saturated carbocycles. The van der Waals surface area contributed by atoms with E-state index < -0.39 is 0 Å². The highest BCUT2D eigenvalue weighted by atomic mass is 16.3. The Bertz CT molecular complexity index is 1150. The maximum atomic E-state index is 12.5. The van der Waals surface area contributed by atoms with Gasteiger partial charge in [-0.15, -0.1) is 0 Å². The molecule has 0 aliphatic heterocycles. The monoisotopic (exact) mass is 378 g/mol. The standard InChI is InChI=1S/C20H19N3O2.C2H7N/c1-3-7-22-20(25)19-15-10-16-14-9-12(24)4-5-17(14)23-18(16)11(2)13(15)6-8-21-19;1-3-2/h4-6,8-10,23-24H,3,7H2,1-2H3,(H,22,25);3H,1-2H3. The predicted octanol–water partition coefficient (Wildman–Crippen LogP) is 3.86. The van der Waals surface area contributed by atoms with Crippen molar-refractivity contribution in [2.75, 3.05) is 20.6 Å². The number of H-pyrrole nitrogens is 1. The molecule has 0 aliphatic rings. The fraction of sp³-hybridized carbons (Fsp3) is 0.273. The average Bonchev–Trinajstić information content (AvgIpc) is 3.05. The van der Waals surface area contributed by atoms with Gasteiger partial charge in [0, 0.05) is 34.4 Å². The van der Waals surface area contributed by atoms with Crippen LogP contribution in [0.2, 0.25) is 0 Å². The van der Waals surface area contributed by atoms with Crippen molar-refractivity contribution in [1.82, 2.24) is 20.6 Å². The molecule has 0 bridgehead atoms. The molecule has 0 spiro atoms. The Morgan fingerprint density at radius 1 is 1.11 bits per heavy atom. The van der Waals surface area contributed by atoms with E-state index in [9.17, 15) is 9.90 Å². The summed E-state index contributed by atoms with van der Waals surface area (Å²) < 4.78 is 0. The summed E-state index contributed by atoms with van der Waals surface area (Å²) >= 11 is 0. The number of fused-ring (bicyclic) bond motifs is 4. The number of benzene rings is 2. The van der Waals surface area contributed by atoms with Crippen LogP contribution in [0.3, 0.4) is 0 Å². The molecule has 1 amide bonds. The third kappa shape index (κ3) is 3.51. The lowest BCUT2D eigenvalue weighted by atomic mass is 10.00. The van der Waals surface area contributed by atoms with Gasteiger partial charge in [0.2, 0.25) is 0 Å². The van der Waals surface area contributed by atoms with Crippen LogP contribution in [0.25, 0.3) is 32.6 Å². The summed E-state index contributed by atoms with van der Waals surface area (Å²) in [6.07, 6.45) is 2.55. The maximum absolute atomic E-state index is 12.5. The molecule has 0 atom stereocenters. The zero-order valence-corrected chi connectivity index (χ0v) is 16.7. The van der Waals surface area contributed by atoms with Crippen LogP contribution in [0.1, 0.15) is 29.4 Å². The second-order valence-electron chi connectivity index (χ2n) is 6.79. The van der Waals surface area contributed by atoms with Crippen molar-refractivity contribution >= 4 is 38.5 Å². The van der Waals surface area contributed by atoms with Crippen molar-refractivity contribution in [3.63, 3.8) is 0 Å². The van der Waals surface area contributed by atoms with E-state index >= 15 is 0 Å². The Balaban J connectivity index is 0.000000706. The number of aromatic hydroxyl groups is 1. The molecule has 6 nitrogen and oxygen atoms in total. The molecule has 6 heteroatoms. The molecule has 4 aromatic rings. The van der Waals surface area contributed by atoms with Gasteiger partial charge in [-0.3, -0.25) is 9.78 Å². The summed E-state index contributed by atoms with van der Waals surface area (Å²) in [5.41, 5.74) is 3.47. The molecular formula is C22H26N4O2. The van der Waals surface area contributed by atoms with Gasteiger partial charge in [-0.25, -0.2) is 0 Å². The van der Waals surface area contributed by atoms with Gasteiger partial charge >= 0.3 is 0 Å². The summed E-state index contributed by atoms with van der Waals surface area (Å²) in [6.45, 7) is 4.68. The van der Waals surface area contributed by atoms with Crippen LogP contribution in [0, 0.1) is 6.92 Å². The fourth-order valence-electron chi connectivity index (χ4n) is 3.37. The van der Waals surface area contributed by atoms with E-state index in [-0.39, 0.29) is 11.7 Å². The smallest absolute Gasteiger partial charge is 0.270 e. The molecule has 0 unspecified atom stereocenters. The minimum absolute atomic E-state index is 0.158. The molecule has 0 fully saturated rings. The lowest BCUT2D eigenvalue weighted by Gasteiger charge is -2.09. The van der Waals surface area contributed by atoms with Crippen molar-refractivity contribution < 1.29 is 9.90 Å². The first-order chi connectivity index (χ1) is 13.5. The Hall–Kier alpha value is -3.12. The summed E-state index contributed by atoms with van der Waals surface area (Å²) in [7, 11) is 3.75. The Kier molecular flexibility index (Phi) is 5.80. The van der Waals surface area contributed by atoms with Crippen LogP contribution in [0.5, 0.6) is 5.75 Å². The number of aromatic nitrogens is 2. The molecule has 0 saturated heterocycles. The predicted molar refractivity (Wildman–Crippen MR) is 115 cm³/mol. The van der Waals surface area contributed by atoms with Crippen molar-refractivity contribution in [1.29, 1.82) is 0 Å². The second kappa shape index (κ2) is 8.27. The largest absolute Gasteiger partial charge is 0.508 e. The van der Waals surface area contributed by atoms with E-state index in [4.69, 9.17) is 0 Å². The minimum atomic E-state index is -0.158. The van der Waals surface area contributed by atoms with Gasteiger partial charge in [0.25, 0.3) is 5.91 Å². The Morgan fingerprint density at radius 3 is 2.57 bits per heavy atom. The molecule has 0 radical (unpaired) electrons. The van der Waals surface area contributed by atoms with E-state index in [2.05, 4.69) is 20.6 Å². The number of carbonyl (C=O) groups excluding carboxylic acids is 1. The molecule has 4 rings (SSSR count). The average molecular weight is 378 g/mol. The first-order valence-electron chi connectivity index (χ1n) is 9.41. The van der Waals surface area contributed by atoms with Gasteiger partial charge in [-0.1, -0.05) is 6.92 Å². The number of hydrogen-bond donors (Lipinski definition) is 4. The zero-order chi connectivity index (χ0) is 20.3. The van der Waals surface area contributed by atoms with E-state index in [1.807, 2.05) is 46.1 Å². The van der Waals surface area contributed by atoms with Crippen LogP contribution >= 0.6 is 0 Å². The number of pyridine rings is 1. The quantitative estimate of drug-likeness (QED) is 0.436. The SMILES string of the molecule is CCCNC(=O)c1nccc2c(C)c3[nH]c4ccc(O)cc4c3cc12.CNC. The molecule has 4 N–H and O–H groups in total.